The van der Waals surface area contributed by atoms with Crippen LogP contribution in [0, 0.1) is 0 Å². The van der Waals surface area contributed by atoms with Gasteiger partial charge in [0.05, 0.1) is 17.5 Å². The molecule has 0 unspecified atom stereocenters. The number of ether oxygens (including phenoxy) is 2. The summed E-state index contributed by atoms with van der Waals surface area (Å²) in [6.07, 6.45) is 0.879. The third kappa shape index (κ3) is 5.08. The lowest BCUT2D eigenvalue weighted by Gasteiger charge is -2.37. The monoisotopic (exact) mass is 389 g/mol. The quantitative estimate of drug-likeness (QED) is 0.785. The molecule has 1 aliphatic heterocycles. The van der Waals surface area contributed by atoms with Crippen LogP contribution in [0.4, 0.5) is 0 Å². The fraction of sp³-hybridized carbons (Fsp3) is 0.350. The summed E-state index contributed by atoms with van der Waals surface area (Å²) in [5, 5.41) is 0. The molecule has 0 N–H and O–H groups in total. The van der Waals surface area contributed by atoms with Crippen molar-refractivity contribution >= 4 is 15.7 Å². The SMILES string of the molecule is C[C@H]1CN(C(=O)COc2cccc(S(C)(=O)=O)c2)C[C@H](c2ccccc2)O1. The molecule has 0 spiro atoms. The third-order valence-corrected chi connectivity index (χ3v) is 5.49. The molecule has 0 aliphatic carbocycles. The van der Waals surface area contributed by atoms with Crippen molar-refractivity contribution in [2.45, 2.75) is 24.0 Å². The van der Waals surface area contributed by atoms with E-state index in [1.165, 1.54) is 12.1 Å². The number of carbonyl (C=O) groups is 1. The Morgan fingerprint density at radius 1 is 1.15 bits per heavy atom. The molecular formula is C20H23NO5S. The second-order valence-electron chi connectivity index (χ2n) is 6.68. The molecule has 1 amide bonds. The zero-order valence-electron chi connectivity index (χ0n) is 15.4. The minimum Gasteiger partial charge on any atom is -0.484 e. The topological polar surface area (TPSA) is 72.9 Å². The van der Waals surface area contributed by atoms with Crippen LogP contribution in [0.1, 0.15) is 18.6 Å². The Labute approximate surface area is 159 Å². The highest BCUT2D eigenvalue weighted by Crippen LogP contribution is 2.25. The lowest BCUT2D eigenvalue weighted by molar-refractivity contribution is -0.146. The lowest BCUT2D eigenvalue weighted by atomic mass is 10.1. The van der Waals surface area contributed by atoms with Crippen molar-refractivity contribution in [2.75, 3.05) is 26.0 Å². The van der Waals surface area contributed by atoms with Gasteiger partial charge in [-0.25, -0.2) is 8.42 Å². The molecule has 1 fully saturated rings. The molecule has 2 aromatic carbocycles. The van der Waals surface area contributed by atoms with Gasteiger partial charge in [0.2, 0.25) is 0 Å². The van der Waals surface area contributed by atoms with Gasteiger partial charge in [0.1, 0.15) is 11.9 Å². The standard InChI is InChI=1S/C20H23NO5S/c1-15-12-21(13-19(26-15)16-7-4-3-5-8-16)20(22)14-25-17-9-6-10-18(11-17)27(2,23)24/h3-11,15,19H,12-14H2,1-2H3/t15-,19+/m0/s1. The zero-order chi connectivity index (χ0) is 19.4. The molecular weight excluding hydrogens is 366 g/mol. The van der Waals surface area contributed by atoms with E-state index in [2.05, 4.69) is 0 Å². The van der Waals surface area contributed by atoms with Crippen molar-refractivity contribution in [3.63, 3.8) is 0 Å². The van der Waals surface area contributed by atoms with Gasteiger partial charge in [-0.15, -0.1) is 0 Å². The van der Waals surface area contributed by atoms with Crippen LogP contribution in [0.15, 0.2) is 59.5 Å². The molecule has 27 heavy (non-hydrogen) atoms. The molecule has 144 valence electrons. The van der Waals surface area contributed by atoms with Crippen molar-refractivity contribution in [2.24, 2.45) is 0 Å². The minimum absolute atomic E-state index is 0.0820. The molecule has 1 heterocycles. The summed E-state index contributed by atoms with van der Waals surface area (Å²) in [6, 6.07) is 16.0. The third-order valence-electron chi connectivity index (χ3n) is 4.38. The van der Waals surface area contributed by atoms with E-state index < -0.39 is 9.84 Å². The molecule has 0 bridgehead atoms. The number of morpholine rings is 1. The number of hydrogen-bond donors (Lipinski definition) is 0. The normalized spacial score (nSPS) is 20.3. The molecule has 2 atom stereocenters. The second kappa shape index (κ2) is 8.10. The molecule has 0 saturated carbocycles. The highest BCUT2D eigenvalue weighted by molar-refractivity contribution is 7.90. The van der Waals surface area contributed by atoms with Crippen LogP contribution in [0.5, 0.6) is 5.75 Å². The molecule has 6 nitrogen and oxygen atoms in total. The van der Waals surface area contributed by atoms with Gasteiger partial charge in [0, 0.05) is 12.8 Å². The average molecular weight is 389 g/mol. The van der Waals surface area contributed by atoms with E-state index in [1.807, 2.05) is 37.3 Å². The molecule has 3 rings (SSSR count). The van der Waals surface area contributed by atoms with Crippen LogP contribution in [0.25, 0.3) is 0 Å². The fourth-order valence-electron chi connectivity index (χ4n) is 3.04. The van der Waals surface area contributed by atoms with Crippen LogP contribution in [0.2, 0.25) is 0 Å². The van der Waals surface area contributed by atoms with E-state index in [4.69, 9.17) is 9.47 Å². The number of sulfone groups is 1. The first-order valence-electron chi connectivity index (χ1n) is 8.74. The summed E-state index contributed by atoms with van der Waals surface area (Å²) in [5.74, 6) is 0.197. The molecule has 1 saturated heterocycles. The Bertz CT molecular complexity index is 898. The van der Waals surface area contributed by atoms with Crippen LogP contribution >= 0.6 is 0 Å². The summed E-state index contributed by atoms with van der Waals surface area (Å²) in [5.41, 5.74) is 1.03. The molecule has 0 aromatic heterocycles. The molecule has 0 radical (unpaired) electrons. The maximum absolute atomic E-state index is 12.6. The van der Waals surface area contributed by atoms with Gasteiger partial charge >= 0.3 is 0 Å². The predicted octanol–water partition coefficient (Wildman–Crippen LogP) is 2.46. The number of rotatable bonds is 5. The summed E-state index contributed by atoms with van der Waals surface area (Å²) < 4.78 is 34.8. The van der Waals surface area contributed by atoms with E-state index >= 15 is 0 Å². The van der Waals surface area contributed by atoms with Gasteiger partial charge in [-0.2, -0.15) is 0 Å². The Hall–Kier alpha value is -2.38. The first-order chi connectivity index (χ1) is 12.8. The zero-order valence-corrected chi connectivity index (χ0v) is 16.2. The van der Waals surface area contributed by atoms with Gasteiger partial charge in [0.25, 0.3) is 5.91 Å². The number of carbonyl (C=O) groups excluding carboxylic acids is 1. The van der Waals surface area contributed by atoms with Gasteiger partial charge in [-0.3, -0.25) is 4.79 Å². The van der Waals surface area contributed by atoms with Crippen molar-refractivity contribution < 1.29 is 22.7 Å². The van der Waals surface area contributed by atoms with Crippen molar-refractivity contribution in [1.82, 2.24) is 4.90 Å². The maximum Gasteiger partial charge on any atom is 0.260 e. The highest BCUT2D eigenvalue weighted by atomic mass is 32.2. The Balaban J connectivity index is 1.64. The van der Waals surface area contributed by atoms with Crippen LogP contribution in [-0.2, 0) is 19.4 Å². The summed E-state index contributed by atoms with van der Waals surface area (Å²) in [4.78, 5) is 14.5. The van der Waals surface area contributed by atoms with Crippen LogP contribution in [-0.4, -0.2) is 51.3 Å². The lowest BCUT2D eigenvalue weighted by Crippen LogP contribution is -2.47. The second-order valence-corrected chi connectivity index (χ2v) is 8.70. The van der Waals surface area contributed by atoms with Gasteiger partial charge in [0.15, 0.2) is 16.4 Å². The smallest absolute Gasteiger partial charge is 0.260 e. The average Bonchev–Trinajstić information content (AvgIpc) is 2.66. The minimum atomic E-state index is -3.32. The summed E-state index contributed by atoms with van der Waals surface area (Å²) in [6.45, 7) is 2.74. The van der Waals surface area contributed by atoms with Crippen molar-refractivity contribution in [1.29, 1.82) is 0 Å². The maximum atomic E-state index is 12.6. The fourth-order valence-corrected chi connectivity index (χ4v) is 3.69. The highest BCUT2D eigenvalue weighted by Gasteiger charge is 2.29. The number of benzene rings is 2. The predicted molar refractivity (Wildman–Crippen MR) is 101 cm³/mol. The first kappa shape index (κ1) is 19.4. The molecule has 2 aromatic rings. The summed E-state index contributed by atoms with van der Waals surface area (Å²) >= 11 is 0. The first-order valence-corrected chi connectivity index (χ1v) is 10.6. The molecule has 7 heteroatoms. The van der Waals surface area contributed by atoms with E-state index in [1.54, 1.807) is 17.0 Å². The Morgan fingerprint density at radius 2 is 1.89 bits per heavy atom. The van der Waals surface area contributed by atoms with E-state index in [0.717, 1.165) is 11.8 Å². The number of nitrogens with zero attached hydrogens (tertiary/aromatic N) is 1. The van der Waals surface area contributed by atoms with Crippen molar-refractivity contribution in [3.8, 4) is 5.75 Å². The Morgan fingerprint density at radius 3 is 2.59 bits per heavy atom. The number of amides is 1. The Kier molecular flexibility index (Phi) is 5.82. The largest absolute Gasteiger partial charge is 0.484 e. The van der Waals surface area contributed by atoms with E-state index in [-0.39, 0.29) is 29.6 Å². The van der Waals surface area contributed by atoms with Crippen LogP contribution in [0.3, 0.4) is 0 Å². The van der Waals surface area contributed by atoms with E-state index in [0.29, 0.717) is 18.8 Å². The van der Waals surface area contributed by atoms with Gasteiger partial charge < -0.3 is 14.4 Å². The van der Waals surface area contributed by atoms with Gasteiger partial charge in [-0.05, 0) is 30.7 Å². The van der Waals surface area contributed by atoms with E-state index in [9.17, 15) is 13.2 Å². The summed E-state index contributed by atoms with van der Waals surface area (Å²) in [7, 11) is -3.32. The van der Waals surface area contributed by atoms with Gasteiger partial charge in [-0.1, -0.05) is 36.4 Å². The number of hydrogen-bond acceptors (Lipinski definition) is 5. The molecule has 1 aliphatic rings. The van der Waals surface area contributed by atoms with Crippen LogP contribution < -0.4 is 4.74 Å². The van der Waals surface area contributed by atoms with Crippen molar-refractivity contribution in [3.05, 3.63) is 60.2 Å².